The third-order valence-electron chi connectivity index (χ3n) is 4.80. The third kappa shape index (κ3) is 3.05. The van der Waals surface area contributed by atoms with Gasteiger partial charge in [-0.3, -0.25) is 0 Å². The summed E-state index contributed by atoms with van der Waals surface area (Å²) in [6.07, 6.45) is 7.25. The average Bonchev–Trinajstić information content (AvgIpc) is 3.33. The van der Waals surface area contributed by atoms with Crippen molar-refractivity contribution in [3.05, 3.63) is 60.0 Å². The largest absolute Gasteiger partial charge is 0.338 e. The second kappa shape index (κ2) is 6.52. The van der Waals surface area contributed by atoms with E-state index in [4.69, 9.17) is 4.52 Å². The Kier molecular flexibility index (Phi) is 4.06. The Morgan fingerprint density at radius 3 is 2.68 bits per heavy atom. The van der Waals surface area contributed by atoms with Gasteiger partial charge in [0.15, 0.2) is 5.82 Å². The fraction of sp³-hybridized carbons (Fsp3) is 0.368. The Bertz CT molecular complexity index is 884. The highest BCUT2D eigenvalue weighted by atomic mass is 16.5. The maximum absolute atomic E-state index is 9.63. The Morgan fingerprint density at radius 2 is 1.92 bits per heavy atom. The van der Waals surface area contributed by atoms with E-state index in [1.165, 1.54) is 6.42 Å². The quantitative estimate of drug-likeness (QED) is 0.729. The van der Waals surface area contributed by atoms with Crippen LogP contribution in [0.4, 0.5) is 0 Å². The summed E-state index contributed by atoms with van der Waals surface area (Å²) in [6, 6.07) is 14.3. The summed E-state index contributed by atoms with van der Waals surface area (Å²) in [5.74, 6) is 1.04. The zero-order valence-corrected chi connectivity index (χ0v) is 13.9. The molecule has 6 nitrogen and oxygen atoms in total. The van der Waals surface area contributed by atoms with Crippen molar-refractivity contribution >= 4 is 0 Å². The minimum atomic E-state index is -0.604. The molecular formula is C19H19N5O. The van der Waals surface area contributed by atoms with Gasteiger partial charge >= 0.3 is 0 Å². The van der Waals surface area contributed by atoms with E-state index in [0.29, 0.717) is 18.1 Å². The summed E-state index contributed by atoms with van der Waals surface area (Å²) in [4.78, 5) is 4.50. The van der Waals surface area contributed by atoms with Crippen molar-refractivity contribution in [2.45, 2.75) is 43.9 Å². The van der Waals surface area contributed by atoms with Gasteiger partial charge in [0.1, 0.15) is 5.41 Å². The van der Waals surface area contributed by atoms with E-state index in [-0.39, 0.29) is 0 Å². The summed E-state index contributed by atoms with van der Waals surface area (Å²) < 4.78 is 7.27. The third-order valence-corrected chi connectivity index (χ3v) is 4.80. The zero-order valence-electron chi connectivity index (χ0n) is 13.9. The number of benzene rings is 1. The molecule has 0 spiro atoms. The fourth-order valence-corrected chi connectivity index (χ4v) is 3.39. The van der Waals surface area contributed by atoms with E-state index in [1.54, 1.807) is 0 Å². The molecule has 1 aliphatic rings. The predicted octanol–water partition coefficient (Wildman–Crippen LogP) is 3.57. The minimum absolute atomic E-state index is 0.465. The number of rotatable bonds is 4. The molecule has 1 aliphatic carbocycles. The van der Waals surface area contributed by atoms with Crippen molar-refractivity contribution < 1.29 is 4.52 Å². The Balaban J connectivity index is 1.52. The van der Waals surface area contributed by atoms with E-state index >= 15 is 0 Å². The molecule has 6 heteroatoms. The first-order valence-corrected chi connectivity index (χ1v) is 8.63. The number of hydrogen-bond donors (Lipinski definition) is 0. The maximum atomic E-state index is 9.63. The molecule has 1 aromatic carbocycles. The predicted molar refractivity (Wildman–Crippen MR) is 91.0 cm³/mol. The first kappa shape index (κ1) is 15.6. The molecule has 25 heavy (non-hydrogen) atoms. The van der Waals surface area contributed by atoms with Gasteiger partial charge in [0, 0.05) is 6.20 Å². The van der Waals surface area contributed by atoms with Gasteiger partial charge in [0.2, 0.25) is 5.89 Å². The van der Waals surface area contributed by atoms with Gasteiger partial charge in [-0.05, 0) is 31.0 Å². The first-order valence-electron chi connectivity index (χ1n) is 8.63. The van der Waals surface area contributed by atoms with Crippen molar-refractivity contribution in [1.29, 1.82) is 5.26 Å². The second-order valence-electron chi connectivity index (χ2n) is 6.53. The normalized spacial score (nSPS) is 16.4. The highest BCUT2D eigenvalue weighted by molar-refractivity contribution is 5.30. The summed E-state index contributed by atoms with van der Waals surface area (Å²) in [5.41, 5.74) is 1.27. The molecule has 3 aromatic rings. The van der Waals surface area contributed by atoms with Gasteiger partial charge < -0.3 is 4.52 Å². The van der Waals surface area contributed by atoms with E-state index < -0.39 is 5.41 Å². The van der Waals surface area contributed by atoms with E-state index in [2.05, 4.69) is 21.3 Å². The van der Waals surface area contributed by atoms with Crippen LogP contribution in [0, 0.1) is 11.3 Å². The lowest BCUT2D eigenvalue weighted by Crippen LogP contribution is -2.27. The van der Waals surface area contributed by atoms with Gasteiger partial charge in [0.05, 0.1) is 23.9 Å². The van der Waals surface area contributed by atoms with Gasteiger partial charge in [-0.25, -0.2) is 4.68 Å². The summed E-state index contributed by atoms with van der Waals surface area (Å²) in [6.45, 7) is 0. The molecule has 0 aliphatic heterocycles. The van der Waals surface area contributed by atoms with Gasteiger partial charge in [0.25, 0.3) is 0 Å². The van der Waals surface area contributed by atoms with Gasteiger partial charge in [-0.2, -0.15) is 15.3 Å². The van der Waals surface area contributed by atoms with Crippen molar-refractivity contribution in [3.8, 4) is 11.8 Å². The fourth-order valence-electron chi connectivity index (χ4n) is 3.39. The van der Waals surface area contributed by atoms with Crippen LogP contribution in [0.2, 0.25) is 0 Å². The van der Waals surface area contributed by atoms with Crippen LogP contribution in [0.3, 0.4) is 0 Å². The summed E-state index contributed by atoms with van der Waals surface area (Å²) >= 11 is 0. The molecule has 0 atom stereocenters. The van der Waals surface area contributed by atoms with Crippen molar-refractivity contribution in [2.75, 3.05) is 0 Å². The Labute approximate surface area is 146 Å². The smallest absolute Gasteiger partial charge is 0.247 e. The molecule has 2 heterocycles. The lowest BCUT2D eigenvalue weighted by atomic mass is 9.75. The Morgan fingerprint density at radius 1 is 1.12 bits per heavy atom. The molecule has 0 unspecified atom stereocenters. The molecule has 0 radical (unpaired) electrons. The number of nitrogens with zero attached hydrogens (tertiary/aromatic N) is 5. The highest BCUT2D eigenvalue weighted by Gasteiger charge is 2.39. The molecule has 126 valence electrons. The number of aromatic nitrogens is 4. The molecular weight excluding hydrogens is 314 g/mol. The summed E-state index contributed by atoms with van der Waals surface area (Å²) in [5, 5.41) is 18.3. The van der Waals surface area contributed by atoms with Crippen LogP contribution in [0.5, 0.6) is 0 Å². The maximum Gasteiger partial charge on any atom is 0.247 e. The molecule has 0 N–H and O–H groups in total. The topological polar surface area (TPSA) is 80.5 Å². The average molecular weight is 333 g/mol. The molecule has 1 saturated carbocycles. The molecule has 0 amide bonds. The summed E-state index contributed by atoms with van der Waals surface area (Å²) in [7, 11) is 0. The van der Waals surface area contributed by atoms with Gasteiger partial charge in [-0.1, -0.05) is 42.6 Å². The molecule has 0 saturated heterocycles. The molecule has 4 rings (SSSR count). The second-order valence-corrected chi connectivity index (χ2v) is 6.53. The number of hydrogen-bond acceptors (Lipinski definition) is 5. The molecule has 2 aromatic heterocycles. The molecule has 0 bridgehead atoms. The van der Waals surface area contributed by atoms with Crippen LogP contribution < -0.4 is 0 Å². The van der Waals surface area contributed by atoms with Crippen LogP contribution in [0.15, 0.2) is 47.1 Å². The van der Waals surface area contributed by atoms with Gasteiger partial charge in [-0.15, -0.1) is 0 Å². The van der Waals surface area contributed by atoms with Crippen LogP contribution in [-0.2, 0) is 11.8 Å². The minimum Gasteiger partial charge on any atom is -0.338 e. The standard InChI is InChI=1S/C19H19N5O/c20-14-19(10-5-2-6-11-19)18-21-17(23-25-18)13-15-9-12-24(22-15)16-7-3-1-4-8-16/h1,3-4,7-9,12H,2,5-6,10-11,13H2. The Hall–Kier alpha value is -2.94. The first-order chi connectivity index (χ1) is 12.3. The molecule has 1 fully saturated rings. The lowest BCUT2D eigenvalue weighted by Gasteiger charge is -2.26. The lowest BCUT2D eigenvalue weighted by molar-refractivity contribution is 0.264. The van der Waals surface area contributed by atoms with Crippen molar-refractivity contribution in [1.82, 2.24) is 19.9 Å². The number of nitriles is 1. The zero-order chi connectivity index (χ0) is 17.1. The SMILES string of the molecule is N#CC1(c2nc(Cc3ccn(-c4ccccc4)n3)no2)CCCCC1. The van der Waals surface area contributed by atoms with Crippen molar-refractivity contribution in [3.63, 3.8) is 0 Å². The van der Waals surface area contributed by atoms with Crippen molar-refractivity contribution in [2.24, 2.45) is 0 Å². The monoisotopic (exact) mass is 333 g/mol. The van der Waals surface area contributed by atoms with Crippen LogP contribution >= 0.6 is 0 Å². The van der Waals surface area contributed by atoms with Crippen LogP contribution in [-0.4, -0.2) is 19.9 Å². The number of para-hydroxylation sites is 1. The van der Waals surface area contributed by atoms with Crippen LogP contribution in [0.1, 0.15) is 49.5 Å². The van der Waals surface area contributed by atoms with E-state index in [9.17, 15) is 5.26 Å². The van der Waals surface area contributed by atoms with E-state index in [0.717, 1.165) is 37.1 Å². The van der Waals surface area contributed by atoms with E-state index in [1.807, 2.05) is 47.3 Å². The van der Waals surface area contributed by atoms with Crippen LogP contribution in [0.25, 0.3) is 5.69 Å². The highest BCUT2D eigenvalue weighted by Crippen LogP contribution is 2.38.